The fourth-order valence-corrected chi connectivity index (χ4v) is 3.47. The van der Waals surface area contributed by atoms with E-state index in [1.807, 2.05) is 49.5 Å². The Labute approximate surface area is 174 Å². The van der Waals surface area contributed by atoms with E-state index in [4.69, 9.17) is 0 Å². The van der Waals surface area contributed by atoms with Gasteiger partial charge in [-0.05, 0) is 24.1 Å². The molecule has 3 N–H and O–H groups in total. The molecule has 0 fully saturated rings. The molecule has 2 aromatic carbocycles. The molecule has 3 aromatic rings. The van der Waals surface area contributed by atoms with Crippen LogP contribution in [-0.2, 0) is 20.8 Å². The lowest BCUT2D eigenvalue weighted by Crippen LogP contribution is -2.48. The predicted octanol–water partition coefficient (Wildman–Crippen LogP) is 1.52. The maximum Gasteiger partial charge on any atom is 0.243 e. The molecule has 2 atom stereocenters. The minimum atomic E-state index is -1.27. The van der Waals surface area contributed by atoms with Crippen molar-refractivity contribution in [3.8, 4) is 0 Å². The third-order valence-electron chi connectivity index (χ3n) is 4.96. The highest BCUT2D eigenvalue weighted by Crippen LogP contribution is 2.21. The predicted molar refractivity (Wildman–Crippen MR) is 111 cm³/mol. The second kappa shape index (κ2) is 9.26. The van der Waals surface area contributed by atoms with Gasteiger partial charge in [-0.25, -0.2) is 0 Å². The Balaban J connectivity index is 1.83. The normalized spacial score (nSPS) is 12.9. The van der Waals surface area contributed by atoms with E-state index in [1.54, 1.807) is 12.1 Å². The van der Waals surface area contributed by atoms with E-state index < -0.39 is 24.0 Å². The van der Waals surface area contributed by atoms with Gasteiger partial charge in [0.05, 0.1) is 6.04 Å². The summed E-state index contributed by atoms with van der Waals surface area (Å²) < 4.78 is 0. The molecule has 3 rings (SSSR count). The summed E-state index contributed by atoms with van der Waals surface area (Å²) in [6.07, 6.45) is 1.71. The van der Waals surface area contributed by atoms with Crippen LogP contribution >= 0.6 is 0 Å². The number of carboxylic acid groups (broad SMARTS) is 1. The lowest BCUT2D eigenvalue weighted by Gasteiger charge is -2.24. The molecule has 7 heteroatoms. The third-order valence-corrected chi connectivity index (χ3v) is 4.96. The van der Waals surface area contributed by atoms with Crippen molar-refractivity contribution in [3.63, 3.8) is 0 Å². The number of carboxylic acids is 1. The molecule has 0 saturated carbocycles. The first kappa shape index (κ1) is 21.1. The quantitative estimate of drug-likeness (QED) is 0.526. The Morgan fingerprint density at radius 3 is 2.40 bits per heavy atom. The molecule has 0 aliphatic carbocycles. The van der Waals surface area contributed by atoms with E-state index in [0.29, 0.717) is 5.56 Å². The summed E-state index contributed by atoms with van der Waals surface area (Å²) in [5.41, 5.74) is 3.50. The standard InChI is InChI=1S/C23H25N3O4/c1-14-7-9-16(10-8-14)20(12-22(28)29)26-23(30)21(25-15(2)27)11-17-13-24-19-6-4-3-5-18(17)19/h3-10,13,20-21,24H,11-12H2,1-2H3,(H,25,27)(H,26,30)(H,28,29)/p-1/t20-,21-/m1/s1. The smallest absolute Gasteiger partial charge is 0.243 e. The van der Waals surface area contributed by atoms with Gasteiger partial charge in [0.25, 0.3) is 0 Å². The van der Waals surface area contributed by atoms with Gasteiger partial charge >= 0.3 is 0 Å². The van der Waals surface area contributed by atoms with Crippen LogP contribution < -0.4 is 15.7 Å². The van der Waals surface area contributed by atoms with Crippen LogP contribution in [0.3, 0.4) is 0 Å². The highest BCUT2D eigenvalue weighted by atomic mass is 16.4. The number of aromatic amines is 1. The van der Waals surface area contributed by atoms with Crippen LogP contribution in [0.15, 0.2) is 54.7 Å². The van der Waals surface area contributed by atoms with E-state index in [9.17, 15) is 19.5 Å². The number of aliphatic carboxylic acids is 1. The van der Waals surface area contributed by atoms with Crippen molar-refractivity contribution in [1.82, 2.24) is 15.6 Å². The summed E-state index contributed by atoms with van der Waals surface area (Å²) in [4.78, 5) is 39.1. The molecule has 7 nitrogen and oxygen atoms in total. The van der Waals surface area contributed by atoms with Crippen LogP contribution in [0.25, 0.3) is 10.9 Å². The largest absolute Gasteiger partial charge is 0.550 e. The average Bonchev–Trinajstić information content (AvgIpc) is 3.10. The van der Waals surface area contributed by atoms with Crippen molar-refractivity contribution in [2.45, 2.75) is 38.8 Å². The number of amides is 2. The van der Waals surface area contributed by atoms with E-state index in [0.717, 1.165) is 22.0 Å². The summed E-state index contributed by atoms with van der Waals surface area (Å²) in [5.74, 6) is -2.07. The van der Waals surface area contributed by atoms with Crippen molar-refractivity contribution in [2.24, 2.45) is 0 Å². The first-order valence-corrected chi connectivity index (χ1v) is 9.72. The van der Waals surface area contributed by atoms with E-state index in [-0.39, 0.29) is 18.7 Å². The van der Waals surface area contributed by atoms with Gasteiger partial charge in [-0.1, -0.05) is 48.0 Å². The van der Waals surface area contributed by atoms with Crippen molar-refractivity contribution in [1.29, 1.82) is 0 Å². The molecule has 0 saturated heterocycles. The molecular formula is C23H24N3O4-. The average molecular weight is 406 g/mol. The molecule has 0 unspecified atom stereocenters. The van der Waals surface area contributed by atoms with E-state index in [1.165, 1.54) is 6.92 Å². The van der Waals surface area contributed by atoms with Gasteiger partial charge in [0.15, 0.2) is 0 Å². The minimum absolute atomic E-state index is 0.265. The Morgan fingerprint density at radius 1 is 1.03 bits per heavy atom. The molecule has 156 valence electrons. The summed E-state index contributed by atoms with van der Waals surface area (Å²) in [6.45, 7) is 3.26. The van der Waals surface area contributed by atoms with Gasteiger partial charge in [-0.3, -0.25) is 9.59 Å². The van der Waals surface area contributed by atoms with Crippen LogP contribution in [-0.4, -0.2) is 28.8 Å². The first-order chi connectivity index (χ1) is 14.3. The maximum absolute atomic E-state index is 13.0. The van der Waals surface area contributed by atoms with Crippen molar-refractivity contribution >= 4 is 28.7 Å². The zero-order chi connectivity index (χ0) is 21.7. The number of fused-ring (bicyclic) bond motifs is 1. The summed E-state index contributed by atoms with van der Waals surface area (Å²) in [6, 6.07) is 13.3. The first-order valence-electron chi connectivity index (χ1n) is 9.72. The molecule has 0 spiro atoms. The number of rotatable bonds is 8. The van der Waals surface area contributed by atoms with Gasteiger partial charge in [0.1, 0.15) is 6.04 Å². The number of aromatic nitrogens is 1. The molecular weight excluding hydrogens is 382 g/mol. The molecule has 0 aliphatic rings. The number of carbonyl (C=O) groups is 3. The Morgan fingerprint density at radius 2 is 1.73 bits per heavy atom. The van der Waals surface area contributed by atoms with Crippen molar-refractivity contribution < 1.29 is 19.5 Å². The molecule has 0 bridgehead atoms. The van der Waals surface area contributed by atoms with Gasteiger partial charge in [-0.2, -0.15) is 0 Å². The Hall–Kier alpha value is -3.61. The molecule has 0 radical (unpaired) electrons. The van der Waals surface area contributed by atoms with Crippen LogP contribution in [0.4, 0.5) is 0 Å². The molecule has 0 aliphatic heterocycles. The fourth-order valence-electron chi connectivity index (χ4n) is 3.47. The van der Waals surface area contributed by atoms with E-state index >= 15 is 0 Å². The van der Waals surface area contributed by atoms with Gasteiger partial charge < -0.3 is 25.5 Å². The molecule has 30 heavy (non-hydrogen) atoms. The summed E-state index contributed by atoms with van der Waals surface area (Å²) in [5, 5.41) is 17.6. The number of H-pyrrole nitrogens is 1. The fraction of sp³-hybridized carbons (Fsp3) is 0.261. The van der Waals surface area contributed by atoms with Crippen LogP contribution in [0, 0.1) is 6.92 Å². The van der Waals surface area contributed by atoms with Gasteiger partial charge in [-0.15, -0.1) is 0 Å². The summed E-state index contributed by atoms with van der Waals surface area (Å²) in [7, 11) is 0. The monoisotopic (exact) mass is 406 g/mol. The van der Waals surface area contributed by atoms with E-state index in [2.05, 4.69) is 15.6 Å². The maximum atomic E-state index is 13.0. The molecule has 1 heterocycles. The van der Waals surface area contributed by atoms with Gasteiger partial charge in [0.2, 0.25) is 11.8 Å². The zero-order valence-electron chi connectivity index (χ0n) is 16.9. The summed E-state index contributed by atoms with van der Waals surface area (Å²) >= 11 is 0. The molecule has 1 aromatic heterocycles. The van der Waals surface area contributed by atoms with Crippen molar-refractivity contribution in [2.75, 3.05) is 0 Å². The number of hydrogen-bond donors (Lipinski definition) is 3. The number of para-hydroxylation sites is 1. The lowest BCUT2D eigenvalue weighted by atomic mass is 10.00. The second-order valence-corrected chi connectivity index (χ2v) is 7.36. The zero-order valence-corrected chi connectivity index (χ0v) is 16.9. The lowest BCUT2D eigenvalue weighted by molar-refractivity contribution is -0.306. The molecule has 2 amide bonds. The SMILES string of the molecule is CC(=O)N[C@H](Cc1c[nH]c2ccccc12)C(=O)N[C@H](CC(=O)[O-])c1ccc(C)cc1. The topological polar surface area (TPSA) is 114 Å². The Bertz CT molecular complexity index is 1060. The highest BCUT2D eigenvalue weighted by Gasteiger charge is 2.24. The Kier molecular flexibility index (Phi) is 6.51. The number of benzene rings is 2. The second-order valence-electron chi connectivity index (χ2n) is 7.36. The van der Waals surface area contributed by atoms with Crippen molar-refractivity contribution in [3.05, 3.63) is 71.4 Å². The van der Waals surface area contributed by atoms with Crippen LogP contribution in [0.1, 0.15) is 36.1 Å². The number of aryl methyl sites for hydroxylation is 1. The van der Waals surface area contributed by atoms with Crippen LogP contribution in [0.2, 0.25) is 0 Å². The minimum Gasteiger partial charge on any atom is -0.550 e. The third kappa shape index (κ3) is 5.26. The van der Waals surface area contributed by atoms with Gasteiger partial charge in [0, 0.05) is 42.8 Å². The number of nitrogens with one attached hydrogen (secondary N) is 3. The number of hydrogen-bond acceptors (Lipinski definition) is 4. The number of carbonyl (C=O) groups excluding carboxylic acids is 3. The van der Waals surface area contributed by atoms with Crippen LogP contribution in [0.5, 0.6) is 0 Å². The highest BCUT2D eigenvalue weighted by molar-refractivity contribution is 5.89.